The van der Waals surface area contributed by atoms with Gasteiger partial charge in [0.05, 0.1) is 6.61 Å². The van der Waals surface area contributed by atoms with Gasteiger partial charge in [-0.3, -0.25) is 9.59 Å². The highest BCUT2D eigenvalue weighted by atomic mass is 16.6. The first-order valence-electron chi connectivity index (χ1n) is 16.0. The molecule has 0 unspecified atom stereocenters. The van der Waals surface area contributed by atoms with Crippen LogP contribution < -0.4 is 10.6 Å². The molecule has 3 amide bonds. The lowest BCUT2D eigenvalue weighted by atomic mass is 9.81. The standard InChI is InChI=1S/C35H44N4O6/c1-5-44-33(42)29-20-25-19-26(15-16-28(25)38-29)37-31(40)30-27(23-9-7-6-8-10-23)17-18-39(30)32(41)24-13-11-22(12-14-24)21-36-34(43)45-35(2,3)4/h6-10,15-16,19-20,22,24,27,30,38H,5,11-14,17-18,21H2,1-4H3,(H,36,43)(H,37,40)/t22?,24?,27-,30-/m0/s1. The van der Waals surface area contributed by atoms with E-state index >= 15 is 0 Å². The Morgan fingerprint density at radius 1 is 0.956 bits per heavy atom. The van der Waals surface area contributed by atoms with Crippen molar-refractivity contribution in [1.82, 2.24) is 15.2 Å². The quantitative estimate of drug-likeness (QED) is 0.266. The zero-order valence-corrected chi connectivity index (χ0v) is 26.6. The highest BCUT2D eigenvalue weighted by Gasteiger charge is 2.44. The number of carbonyl (C=O) groups is 4. The third-order valence-electron chi connectivity index (χ3n) is 8.69. The molecule has 10 heteroatoms. The zero-order chi connectivity index (χ0) is 32.1. The summed E-state index contributed by atoms with van der Waals surface area (Å²) >= 11 is 0. The SMILES string of the molecule is CCOC(=O)c1cc2cc(NC(=O)[C@@H]3[C@H](c4ccccc4)CCN3C(=O)C3CCC(CNC(=O)OC(C)(C)C)CC3)ccc2[nH]1. The van der Waals surface area contributed by atoms with Gasteiger partial charge in [0, 0.05) is 41.5 Å². The molecular weight excluding hydrogens is 572 g/mol. The van der Waals surface area contributed by atoms with Crippen LogP contribution in [0.5, 0.6) is 0 Å². The number of anilines is 1. The van der Waals surface area contributed by atoms with E-state index in [4.69, 9.17) is 9.47 Å². The molecular formula is C35H44N4O6. The minimum atomic E-state index is -0.650. The van der Waals surface area contributed by atoms with Crippen molar-refractivity contribution in [3.8, 4) is 0 Å². The summed E-state index contributed by atoms with van der Waals surface area (Å²) in [7, 11) is 0. The largest absolute Gasteiger partial charge is 0.461 e. The molecule has 1 aliphatic heterocycles. The molecule has 5 rings (SSSR count). The summed E-state index contributed by atoms with van der Waals surface area (Å²) < 4.78 is 10.5. The highest BCUT2D eigenvalue weighted by Crippen LogP contribution is 2.38. The van der Waals surface area contributed by atoms with Crippen molar-refractivity contribution in [3.05, 3.63) is 65.9 Å². The zero-order valence-electron chi connectivity index (χ0n) is 26.6. The Morgan fingerprint density at radius 3 is 2.38 bits per heavy atom. The van der Waals surface area contributed by atoms with Crippen LogP contribution in [-0.2, 0) is 19.1 Å². The van der Waals surface area contributed by atoms with Gasteiger partial charge in [-0.2, -0.15) is 0 Å². The van der Waals surface area contributed by atoms with Gasteiger partial charge in [-0.05, 0) is 95.5 Å². The van der Waals surface area contributed by atoms with E-state index in [2.05, 4.69) is 15.6 Å². The minimum Gasteiger partial charge on any atom is -0.461 e. The van der Waals surface area contributed by atoms with E-state index < -0.39 is 23.7 Å². The van der Waals surface area contributed by atoms with E-state index in [1.54, 1.807) is 24.0 Å². The Kier molecular flexibility index (Phi) is 9.80. The molecule has 0 spiro atoms. The average Bonchev–Trinajstić information content (AvgIpc) is 3.65. The maximum Gasteiger partial charge on any atom is 0.407 e. The number of rotatable bonds is 8. The van der Waals surface area contributed by atoms with E-state index in [0.717, 1.165) is 29.3 Å². The van der Waals surface area contributed by atoms with Crippen molar-refractivity contribution in [3.63, 3.8) is 0 Å². The molecule has 3 N–H and O–H groups in total. The van der Waals surface area contributed by atoms with E-state index in [-0.39, 0.29) is 36.2 Å². The van der Waals surface area contributed by atoms with Gasteiger partial charge in [0.2, 0.25) is 11.8 Å². The summed E-state index contributed by atoms with van der Waals surface area (Å²) in [6.07, 6.45) is 3.35. The summed E-state index contributed by atoms with van der Waals surface area (Å²) in [5, 5.41) is 6.70. The highest BCUT2D eigenvalue weighted by molar-refractivity contribution is 6.01. The average molecular weight is 617 g/mol. The summed E-state index contributed by atoms with van der Waals surface area (Å²) in [5.74, 6) is -0.652. The molecule has 1 saturated heterocycles. The number of hydrogen-bond donors (Lipinski definition) is 3. The van der Waals surface area contributed by atoms with E-state index in [1.807, 2.05) is 63.2 Å². The van der Waals surface area contributed by atoms with Crippen LogP contribution >= 0.6 is 0 Å². The van der Waals surface area contributed by atoms with Crippen LogP contribution in [-0.4, -0.2) is 65.1 Å². The molecule has 0 bridgehead atoms. The monoisotopic (exact) mass is 616 g/mol. The first-order valence-corrected chi connectivity index (χ1v) is 16.0. The number of nitrogens with zero attached hydrogens (tertiary/aromatic N) is 1. The normalized spacial score (nSPS) is 21.7. The summed E-state index contributed by atoms with van der Waals surface area (Å²) in [5.41, 5.74) is 2.18. The fraction of sp³-hybridized carbons (Fsp3) is 0.486. The van der Waals surface area contributed by atoms with Crippen LogP contribution in [0.1, 0.15) is 81.8 Å². The number of alkyl carbamates (subject to hydrolysis) is 1. The predicted molar refractivity (Wildman–Crippen MR) is 172 cm³/mol. The maximum absolute atomic E-state index is 14.0. The fourth-order valence-electron chi connectivity index (χ4n) is 6.55. The van der Waals surface area contributed by atoms with Crippen LogP contribution in [0.15, 0.2) is 54.6 Å². The van der Waals surface area contributed by atoms with Gasteiger partial charge < -0.3 is 30.0 Å². The van der Waals surface area contributed by atoms with Gasteiger partial charge >= 0.3 is 12.1 Å². The van der Waals surface area contributed by atoms with Crippen molar-refractivity contribution >= 4 is 40.5 Å². The van der Waals surface area contributed by atoms with E-state index in [9.17, 15) is 19.2 Å². The van der Waals surface area contributed by atoms with Gasteiger partial charge in [0.15, 0.2) is 0 Å². The number of esters is 1. The van der Waals surface area contributed by atoms with Crippen molar-refractivity contribution < 1.29 is 28.7 Å². The van der Waals surface area contributed by atoms with E-state index in [0.29, 0.717) is 43.7 Å². The van der Waals surface area contributed by atoms with Crippen LogP contribution in [0.25, 0.3) is 10.9 Å². The molecule has 2 atom stereocenters. The summed E-state index contributed by atoms with van der Waals surface area (Å²) in [6, 6.07) is 16.4. The number of ether oxygens (including phenoxy) is 2. The number of carbonyl (C=O) groups excluding carboxylic acids is 4. The second kappa shape index (κ2) is 13.7. The lowest BCUT2D eigenvalue weighted by Gasteiger charge is -2.34. The van der Waals surface area contributed by atoms with Gasteiger partial charge in [0.25, 0.3) is 0 Å². The van der Waals surface area contributed by atoms with Gasteiger partial charge in [0.1, 0.15) is 17.3 Å². The van der Waals surface area contributed by atoms with Crippen LogP contribution in [0.3, 0.4) is 0 Å². The summed E-state index contributed by atoms with van der Waals surface area (Å²) in [6.45, 7) is 8.57. The number of nitrogens with one attached hydrogen (secondary N) is 3. The third kappa shape index (κ3) is 7.85. The van der Waals surface area contributed by atoms with Crippen molar-refractivity contribution in [2.45, 2.75) is 77.4 Å². The van der Waals surface area contributed by atoms with Crippen molar-refractivity contribution in [1.29, 1.82) is 0 Å². The summed E-state index contributed by atoms with van der Waals surface area (Å²) in [4.78, 5) is 57.1. The van der Waals surface area contributed by atoms with E-state index in [1.165, 1.54) is 0 Å². The Morgan fingerprint density at radius 2 is 1.69 bits per heavy atom. The van der Waals surface area contributed by atoms with Gasteiger partial charge in [-0.25, -0.2) is 9.59 Å². The first kappa shape index (κ1) is 32.1. The Hall–Kier alpha value is -4.34. The molecule has 1 aromatic heterocycles. The molecule has 2 aromatic carbocycles. The molecule has 1 aliphatic carbocycles. The molecule has 2 aliphatic rings. The molecule has 1 saturated carbocycles. The Balaban J connectivity index is 1.27. The molecule has 2 heterocycles. The number of fused-ring (bicyclic) bond motifs is 1. The van der Waals surface area contributed by atoms with Crippen molar-refractivity contribution in [2.24, 2.45) is 11.8 Å². The molecule has 0 radical (unpaired) electrons. The number of amides is 3. The number of aromatic amines is 1. The van der Waals surface area contributed by atoms with Crippen LogP contribution in [0.4, 0.5) is 10.5 Å². The lowest BCUT2D eigenvalue weighted by molar-refractivity contribution is -0.141. The van der Waals surface area contributed by atoms with Gasteiger partial charge in [-0.1, -0.05) is 30.3 Å². The maximum atomic E-state index is 14.0. The van der Waals surface area contributed by atoms with Crippen LogP contribution in [0.2, 0.25) is 0 Å². The number of aromatic nitrogens is 1. The number of likely N-dealkylation sites (tertiary alicyclic amines) is 1. The molecule has 3 aromatic rings. The first-order chi connectivity index (χ1) is 21.5. The molecule has 240 valence electrons. The fourth-order valence-corrected chi connectivity index (χ4v) is 6.55. The molecule has 2 fully saturated rings. The Bertz CT molecular complexity index is 1520. The smallest absolute Gasteiger partial charge is 0.407 e. The Labute approximate surface area is 264 Å². The second-order valence-electron chi connectivity index (χ2n) is 13.1. The minimum absolute atomic E-state index is 0.0206. The molecule has 45 heavy (non-hydrogen) atoms. The topological polar surface area (TPSA) is 130 Å². The number of benzene rings is 2. The predicted octanol–water partition coefficient (Wildman–Crippen LogP) is 6.00. The van der Waals surface area contributed by atoms with Crippen LogP contribution in [0, 0.1) is 11.8 Å². The lowest BCUT2D eigenvalue weighted by Crippen LogP contribution is -2.48. The molecule has 10 nitrogen and oxygen atoms in total. The number of hydrogen-bond acceptors (Lipinski definition) is 6. The number of H-pyrrole nitrogens is 1. The van der Waals surface area contributed by atoms with Gasteiger partial charge in [-0.15, -0.1) is 0 Å². The third-order valence-corrected chi connectivity index (χ3v) is 8.69. The second-order valence-corrected chi connectivity index (χ2v) is 13.1. The van der Waals surface area contributed by atoms with Crippen molar-refractivity contribution in [2.75, 3.05) is 25.0 Å².